The number of aliphatic imine (C=N–C) groups is 1. The zero-order valence-corrected chi connectivity index (χ0v) is 19.3. The van der Waals surface area contributed by atoms with Crippen LogP contribution in [0.15, 0.2) is 59.6 Å². The van der Waals surface area contributed by atoms with Crippen LogP contribution in [0, 0.1) is 5.92 Å². The summed E-state index contributed by atoms with van der Waals surface area (Å²) in [4.78, 5) is 4.69. The summed E-state index contributed by atoms with van der Waals surface area (Å²) in [6.45, 7) is 4.82. The summed E-state index contributed by atoms with van der Waals surface area (Å²) < 4.78 is 5.97. The highest BCUT2D eigenvalue weighted by Gasteiger charge is 2.22. The standard InChI is InChI=1S/C23H31N3O2.HI/c1-2-24-23(25-15-14-21(27)19-8-4-3-5-9-19)26-16-20-10-6-7-11-22(20)28-17-18-12-13-18;/h3-11,18,21,27H,2,12-17H2,1H3,(H2,24,25,26);1H. The van der Waals surface area contributed by atoms with E-state index in [-0.39, 0.29) is 24.0 Å². The Bertz CT molecular complexity index is 751. The number of rotatable bonds is 10. The van der Waals surface area contributed by atoms with E-state index in [1.54, 1.807) is 0 Å². The quantitative estimate of drug-likeness (QED) is 0.254. The number of hydrogen-bond donors (Lipinski definition) is 3. The van der Waals surface area contributed by atoms with Crippen molar-refractivity contribution in [1.82, 2.24) is 10.6 Å². The molecule has 158 valence electrons. The molecule has 3 N–H and O–H groups in total. The van der Waals surface area contributed by atoms with Crippen molar-refractivity contribution >= 4 is 29.9 Å². The first-order valence-electron chi connectivity index (χ1n) is 10.2. The second-order valence-corrected chi connectivity index (χ2v) is 7.20. The lowest BCUT2D eigenvalue weighted by Crippen LogP contribution is -2.38. The van der Waals surface area contributed by atoms with E-state index in [9.17, 15) is 5.11 Å². The van der Waals surface area contributed by atoms with E-state index in [0.29, 0.717) is 19.5 Å². The molecule has 3 rings (SSSR count). The molecule has 2 aromatic carbocycles. The van der Waals surface area contributed by atoms with Gasteiger partial charge in [0.2, 0.25) is 0 Å². The van der Waals surface area contributed by atoms with E-state index in [0.717, 1.165) is 41.9 Å². The van der Waals surface area contributed by atoms with Crippen molar-refractivity contribution in [2.75, 3.05) is 19.7 Å². The van der Waals surface area contributed by atoms with E-state index in [4.69, 9.17) is 4.74 Å². The van der Waals surface area contributed by atoms with Gasteiger partial charge in [-0.3, -0.25) is 0 Å². The van der Waals surface area contributed by atoms with Gasteiger partial charge < -0.3 is 20.5 Å². The fraction of sp³-hybridized carbons (Fsp3) is 0.435. The summed E-state index contributed by atoms with van der Waals surface area (Å²) >= 11 is 0. The van der Waals surface area contributed by atoms with Gasteiger partial charge in [0.1, 0.15) is 5.75 Å². The molecule has 1 unspecified atom stereocenters. The first-order chi connectivity index (χ1) is 13.8. The predicted octanol–water partition coefficient (Wildman–Crippen LogP) is 4.27. The van der Waals surface area contributed by atoms with E-state index in [1.165, 1.54) is 12.8 Å². The number of nitrogens with zero attached hydrogens (tertiary/aromatic N) is 1. The Morgan fingerprint density at radius 1 is 1.10 bits per heavy atom. The van der Waals surface area contributed by atoms with E-state index in [1.807, 2.05) is 55.5 Å². The lowest BCUT2D eigenvalue weighted by molar-refractivity contribution is 0.168. The largest absolute Gasteiger partial charge is 0.493 e. The van der Waals surface area contributed by atoms with Crippen molar-refractivity contribution in [1.29, 1.82) is 0 Å². The average Bonchev–Trinajstić information content (AvgIpc) is 3.56. The molecule has 1 saturated carbocycles. The summed E-state index contributed by atoms with van der Waals surface area (Å²) in [7, 11) is 0. The molecule has 2 aromatic rings. The van der Waals surface area contributed by atoms with Crippen LogP contribution in [0.25, 0.3) is 0 Å². The highest BCUT2D eigenvalue weighted by molar-refractivity contribution is 14.0. The minimum Gasteiger partial charge on any atom is -0.493 e. The van der Waals surface area contributed by atoms with Crippen molar-refractivity contribution in [2.45, 2.75) is 38.8 Å². The van der Waals surface area contributed by atoms with Gasteiger partial charge in [-0.25, -0.2) is 4.99 Å². The Kier molecular flexibility index (Phi) is 10.3. The number of aliphatic hydroxyl groups excluding tert-OH is 1. The minimum atomic E-state index is -0.479. The summed E-state index contributed by atoms with van der Waals surface area (Å²) in [5, 5.41) is 16.9. The zero-order chi connectivity index (χ0) is 19.6. The Hall–Kier alpha value is -1.80. The molecular weight excluding hydrogens is 477 g/mol. The van der Waals surface area contributed by atoms with Gasteiger partial charge in [0.25, 0.3) is 0 Å². The fourth-order valence-corrected chi connectivity index (χ4v) is 2.94. The number of halogens is 1. The van der Waals surface area contributed by atoms with Crippen molar-refractivity contribution in [3.8, 4) is 5.75 Å². The topological polar surface area (TPSA) is 65.9 Å². The van der Waals surface area contributed by atoms with Gasteiger partial charge in [0, 0.05) is 18.7 Å². The molecule has 1 aliphatic rings. The molecule has 1 aliphatic carbocycles. The molecule has 0 aromatic heterocycles. The predicted molar refractivity (Wildman–Crippen MR) is 129 cm³/mol. The molecule has 1 fully saturated rings. The van der Waals surface area contributed by atoms with Crippen molar-refractivity contribution in [3.05, 3.63) is 65.7 Å². The summed E-state index contributed by atoms with van der Waals surface area (Å²) in [6, 6.07) is 17.8. The Morgan fingerprint density at radius 3 is 2.55 bits per heavy atom. The number of hydrogen-bond acceptors (Lipinski definition) is 3. The van der Waals surface area contributed by atoms with Crippen molar-refractivity contribution in [3.63, 3.8) is 0 Å². The van der Waals surface area contributed by atoms with E-state index in [2.05, 4.69) is 21.7 Å². The molecule has 1 atom stereocenters. The van der Waals surface area contributed by atoms with Crippen LogP contribution in [0.1, 0.15) is 43.4 Å². The number of ether oxygens (including phenoxy) is 1. The Balaban J connectivity index is 0.00000300. The second-order valence-electron chi connectivity index (χ2n) is 7.20. The Morgan fingerprint density at radius 2 is 1.83 bits per heavy atom. The SMILES string of the molecule is CCNC(=NCc1ccccc1OCC1CC1)NCCC(O)c1ccccc1.I. The first-order valence-corrected chi connectivity index (χ1v) is 10.2. The van der Waals surface area contributed by atoms with Gasteiger partial charge in [-0.15, -0.1) is 24.0 Å². The van der Waals surface area contributed by atoms with Gasteiger partial charge >= 0.3 is 0 Å². The van der Waals surface area contributed by atoms with Crippen LogP contribution < -0.4 is 15.4 Å². The molecule has 0 heterocycles. The third kappa shape index (κ3) is 8.22. The molecule has 0 radical (unpaired) electrons. The zero-order valence-electron chi connectivity index (χ0n) is 17.0. The lowest BCUT2D eigenvalue weighted by atomic mass is 10.1. The number of benzene rings is 2. The molecule has 5 nitrogen and oxygen atoms in total. The van der Waals surface area contributed by atoms with Crippen LogP contribution in [0.3, 0.4) is 0 Å². The maximum atomic E-state index is 10.3. The minimum absolute atomic E-state index is 0. The van der Waals surface area contributed by atoms with Gasteiger partial charge in [-0.2, -0.15) is 0 Å². The maximum absolute atomic E-state index is 10.3. The Labute approximate surface area is 191 Å². The second kappa shape index (κ2) is 12.7. The smallest absolute Gasteiger partial charge is 0.191 e. The number of nitrogens with one attached hydrogen (secondary N) is 2. The van der Waals surface area contributed by atoms with Gasteiger partial charge in [0.05, 0.1) is 19.3 Å². The van der Waals surface area contributed by atoms with Crippen LogP contribution in [0.4, 0.5) is 0 Å². The van der Waals surface area contributed by atoms with Crippen LogP contribution in [0.5, 0.6) is 5.75 Å². The molecular formula is C23H32IN3O2. The molecule has 0 amide bonds. The third-order valence-electron chi connectivity index (χ3n) is 4.79. The third-order valence-corrected chi connectivity index (χ3v) is 4.79. The van der Waals surface area contributed by atoms with Crippen LogP contribution >= 0.6 is 24.0 Å². The van der Waals surface area contributed by atoms with Crippen LogP contribution in [0.2, 0.25) is 0 Å². The number of aliphatic hydroxyl groups is 1. The van der Waals surface area contributed by atoms with Crippen molar-refractivity contribution < 1.29 is 9.84 Å². The summed E-state index contributed by atoms with van der Waals surface area (Å²) in [6.07, 6.45) is 2.70. The van der Waals surface area contributed by atoms with Gasteiger partial charge in [0.15, 0.2) is 5.96 Å². The molecule has 6 heteroatoms. The maximum Gasteiger partial charge on any atom is 0.191 e. The monoisotopic (exact) mass is 509 g/mol. The van der Waals surface area contributed by atoms with Crippen LogP contribution in [-0.4, -0.2) is 30.8 Å². The van der Waals surface area contributed by atoms with E-state index >= 15 is 0 Å². The van der Waals surface area contributed by atoms with Crippen LogP contribution in [-0.2, 0) is 6.54 Å². The highest BCUT2D eigenvalue weighted by Crippen LogP contribution is 2.30. The summed E-state index contributed by atoms with van der Waals surface area (Å²) in [5.74, 6) is 2.40. The molecule has 0 spiro atoms. The lowest BCUT2D eigenvalue weighted by Gasteiger charge is -2.15. The fourth-order valence-electron chi connectivity index (χ4n) is 2.94. The number of guanidine groups is 1. The normalized spacial score (nSPS) is 14.6. The molecule has 0 saturated heterocycles. The van der Waals surface area contributed by atoms with Gasteiger partial charge in [-0.05, 0) is 43.7 Å². The average molecular weight is 509 g/mol. The van der Waals surface area contributed by atoms with Crippen molar-refractivity contribution in [2.24, 2.45) is 10.9 Å². The molecule has 29 heavy (non-hydrogen) atoms. The molecule has 0 bridgehead atoms. The summed E-state index contributed by atoms with van der Waals surface area (Å²) in [5.41, 5.74) is 2.03. The number of para-hydroxylation sites is 1. The first kappa shape index (κ1) is 23.5. The highest BCUT2D eigenvalue weighted by atomic mass is 127. The van der Waals surface area contributed by atoms with Gasteiger partial charge in [-0.1, -0.05) is 48.5 Å². The van der Waals surface area contributed by atoms with E-state index < -0.39 is 6.10 Å². The molecule has 0 aliphatic heterocycles.